The van der Waals surface area contributed by atoms with Crippen LogP contribution in [0.25, 0.3) is 0 Å². The minimum Gasteiger partial charge on any atom is -0.497 e. The Bertz CT molecular complexity index is 688. The van der Waals surface area contributed by atoms with E-state index < -0.39 is 0 Å². The molecule has 0 radical (unpaired) electrons. The SMILES string of the molecule is COc1ccc(CCC(C)NC(=O)N(C)Cc2ccccc2Cl)cc1. The van der Waals surface area contributed by atoms with Crippen molar-refractivity contribution >= 4 is 17.6 Å². The predicted octanol–water partition coefficient (Wildman–Crippen LogP) is 4.51. The van der Waals surface area contributed by atoms with Crippen LogP contribution in [0.4, 0.5) is 4.79 Å². The summed E-state index contributed by atoms with van der Waals surface area (Å²) < 4.78 is 5.16. The summed E-state index contributed by atoms with van der Waals surface area (Å²) in [6.07, 6.45) is 1.78. The summed E-state index contributed by atoms with van der Waals surface area (Å²) in [4.78, 5) is 14.0. The molecule has 2 aromatic carbocycles. The molecule has 0 saturated carbocycles. The number of ether oxygens (including phenoxy) is 1. The number of benzene rings is 2. The van der Waals surface area contributed by atoms with Gasteiger partial charge in [-0.15, -0.1) is 0 Å². The van der Waals surface area contributed by atoms with Gasteiger partial charge in [-0.25, -0.2) is 4.79 Å². The summed E-state index contributed by atoms with van der Waals surface area (Å²) in [6, 6.07) is 15.6. The zero-order chi connectivity index (χ0) is 18.2. The molecule has 0 aliphatic carbocycles. The number of nitrogens with one attached hydrogen (secondary N) is 1. The van der Waals surface area contributed by atoms with E-state index in [1.165, 1.54) is 5.56 Å². The minimum atomic E-state index is -0.0952. The predicted molar refractivity (Wildman–Crippen MR) is 102 cm³/mol. The van der Waals surface area contributed by atoms with Crippen molar-refractivity contribution in [2.75, 3.05) is 14.2 Å². The topological polar surface area (TPSA) is 41.6 Å². The highest BCUT2D eigenvalue weighted by molar-refractivity contribution is 6.31. The molecule has 0 aliphatic rings. The number of carbonyl (C=O) groups excluding carboxylic acids is 1. The van der Waals surface area contributed by atoms with Gasteiger partial charge in [0.25, 0.3) is 0 Å². The lowest BCUT2D eigenvalue weighted by molar-refractivity contribution is 0.203. The molecular formula is C20H25ClN2O2. The van der Waals surface area contributed by atoms with Crippen LogP contribution < -0.4 is 10.1 Å². The maximum Gasteiger partial charge on any atom is 0.317 e. The third-order valence-corrected chi connectivity index (χ3v) is 4.48. The highest BCUT2D eigenvalue weighted by Gasteiger charge is 2.13. The third-order valence-electron chi connectivity index (χ3n) is 4.11. The Morgan fingerprint density at radius 3 is 2.52 bits per heavy atom. The molecular weight excluding hydrogens is 336 g/mol. The van der Waals surface area contributed by atoms with Crippen LogP contribution >= 0.6 is 11.6 Å². The fraction of sp³-hybridized carbons (Fsp3) is 0.350. The second-order valence-corrected chi connectivity index (χ2v) is 6.59. The first kappa shape index (κ1) is 19.1. The van der Waals surface area contributed by atoms with Crippen LogP contribution in [0.5, 0.6) is 5.75 Å². The lowest BCUT2D eigenvalue weighted by Crippen LogP contribution is -2.41. The quantitative estimate of drug-likeness (QED) is 0.789. The van der Waals surface area contributed by atoms with Crippen LogP contribution in [0.15, 0.2) is 48.5 Å². The number of halogens is 1. The van der Waals surface area contributed by atoms with Crippen molar-refractivity contribution in [2.45, 2.75) is 32.4 Å². The molecule has 1 N–H and O–H groups in total. The molecule has 0 aliphatic heterocycles. The summed E-state index contributed by atoms with van der Waals surface area (Å²) in [6.45, 7) is 2.50. The maximum atomic E-state index is 12.3. The van der Waals surface area contributed by atoms with Crippen molar-refractivity contribution < 1.29 is 9.53 Å². The molecule has 0 spiro atoms. The largest absolute Gasteiger partial charge is 0.497 e. The number of nitrogens with zero attached hydrogens (tertiary/aromatic N) is 1. The molecule has 5 heteroatoms. The summed E-state index contributed by atoms with van der Waals surface area (Å²) in [5, 5.41) is 3.71. The van der Waals surface area contributed by atoms with Gasteiger partial charge in [-0.3, -0.25) is 0 Å². The van der Waals surface area contributed by atoms with Gasteiger partial charge in [0.05, 0.1) is 7.11 Å². The highest BCUT2D eigenvalue weighted by atomic mass is 35.5. The first-order valence-electron chi connectivity index (χ1n) is 8.37. The van der Waals surface area contributed by atoms with Gasteiger partial charge in [-0.05, 0) is 49.1 Å². The summed E-state index contributed by atoms with van der Waals surface area (Å²) in [5.41, 5.74) is 2.17. The number of aryl methyl sites for hydroxylation is 1. The Labute approximate surface area is 154 Å². The Morgan fingerprint density at radius 2 is 1.88 bits per heavy atom. The average molecular weight is 361 g/mol. The number of carbonyl (C=O) groups is 1. The lowest BCUT2D eigenvalue weighted by atomic mass is 10.1. The Kier molecular flexibility index (Phi) is 7.14. The summed E-state index contributed by atoms with van der Waals surface area (Å²) >= 11 is 6.15. The molecule has 2 amide bonds. The fourth-order valence-electron chi connectivity index (χ4n) is 2.52. The van der Waals surface area contributed by atoms with Crippen molar-refractivity contribution in [3.05, 3.63) is 64.7 Å². The molecule has 0 heterocycles. The Balaban J connectivity index is 1.79. The van der Waals surface area contributed by atoms with E-state index in [9.17, 15) is 4.79 Å². The number of amides is 2. The molecule has 2 aromatic rings. The van der Waals surface area contributed by atoms with Gasteiger partial charge in [-0.1, -0.05) is 41.9 Å². The molecule has 25 heavy (non-hydrogen) atoms. The molecule has 2 rings (SSSR count). The van der Waals surface area contributed by atoms with Crippen molar-refractivity contribution in [3.63, 3.8) is 0 Å². The first-order valence-corrected chi connectivity index (χ1v) is 8.75. The van der Waals surface area contributed by atoms with Gasteiger partial charge in [-0.2, -0.15) is 0 Å². The average Bonchev–Trinajstić information content (AvgIpc) is 2.62. The van der Waals surface area contributed by atoms with Gasteiger partial charge in [0.15, 0.2) is 0 Å². The van der Waals surface area contributed by atoms with Gasteiger partial charge in [0.1, 0.15) is 5.75 Å². The van der Waals surface area contributed by atoms with Crippen LogP contribution in [0, 0.1) is 0 Å². The number of rotatable bonds is 7. The van der Waals surface area contributed by atoms with Crippen LogP contribution in [-0.4, -0.2) is 31.1 Å². The highest BCUT2D eigenvalue weighted by Crippen LogP contribution is 2.17. The molecule has 134 valence electrons. The van der Waals surface area contributed by atoms with E-state index in [1.54, 1.807) is 19.1 Å². The van der Waals surface area contributed by atoms with Crippen molar-refractivity contribution in [2.24, 2.45) is 0 Å². The Morgan fingerprint density at radius 1 is 1.20 bits per heavy atom. The molecule has 0 aromatic heterocycles. The van der Waals surface area contributed by atoms with E-state index in [1.807, 2.05) is 43.3 Å². The second-order valence-electron chi connectivity index (χ2n) is 6.18. The summed E-state index contributed by atoms with van der Waals surface area (Å²) in [7, 11) is 3.43. The molecule has 0 fully saturated rings. The van der Waals surface area contributed by atoms with Crippen molar-refractivity contribution in [3.8, 4) is 5.75 Å². The van der Waals surface area contributed by atoms with E-state index >= 15 is 0 Å². The van der Waals surface area contributed by atoms with Crippen LogP contribution in [0.1, 0.15) is 24.5 Å². The number of hydrogen-bond acceptors (Lipinski definition) is 2. The van der Waals surface area contributed by atoms with Crippen molar-refractivity contribution in [1.82, 2.24) is 10.2 Å². The Hall–Kier alpha value is -2.20. The molecule has 4 nitrogen and oxygen atoms in total. The number of urea groups is 1. The van der Waals surface area contributed by atoms with Gasteiger partial charge < -0.3 is 15.0 Å². The molecule has 0 bridgehead atoms. The first-order chi connectivity index (χ1) is 12.0. The standard InChI is InChI=1S/C20H25ClN2O2/c1-15(8-9-16-10-12-18(25-3)13-11-16)22-20(24)23(2)14-17-6-4-5-7-19(17)21/h4-7,10-13,15H,8-9,14H2,1-3H3,(H,22,24). The van der Waals surface area contributed by atoms with E-state index in [4.69, 9.17) is 16.3 Å². The van der Waals surface area contributed by atoms with E-state index in [2.05, 4.69) is 17.4 Å². The van der Waals surface area contributed by atoms with Crippen molar-refractivity contribution in [1.29, 1.82) is 0 Å². The lowest BCUT2D eigenvalue weighted by Gasteiger charge is -2.22. The van der Waals surface area contributed by atoms with Gasteiger partial charge >= 0.3 is 6.03 Å². The number of hydrogen-bond donors (Lipinski definition) is 1. The summed E-state index contributed by atoms with van der Waals surface area (Å²) in [5.74, 6) is 0.853. The van der Waals surface area contributed by atoms with Crippen LogP contribution in [0.3, 0.4) is 0 Å². The fourth-order valence-corrected chi connectivity index (χ4v) is 2.72. The van der Waals surface area contributed by atoms with Crippen LogP contribution in [0.2, 0.25) is 5.02 Å². The normalized spacial score (nSPS) is 11.7. The third kappa shape index (κ3) is 5.98. The molecule has 0 saturated heterocycles. The second kappa shape index (κ2) is 9.33. The molecule has 1 atom stereocenters. The number of methoxy groups -OCH3 is 1. The monoisotopic (exact) mass is 360 g/mol. The zero-order valence-corrected chi connectivity index (χ0v) is 15.7. The smallest absolute Gasteiger partial charge is 0.317 e. The zero-order valence-electron chi connectivity index (χ0n) is 15.0. The van der Waals surface area contributed by atoms with E-state index in [0.29, 0.717) is 11.6 Å². The van der Waals surface area contributed by atoms with E-state index in [0.717, 1.165) is 24.2 Å². The van der Waals surface area contributed by atoms with Gasteiger partial charge in [0.2, 0.25) is 0 Å². The maximum absolute atomic E-state index is 12.3. The van der Waals surface area contributed by atoms with Gasteiger partial charge in [0, 0.05) is 24.7 Å². The van der Waals surface area contributed by atoms with Crippen LogP contribution in [-0.2, 0) is 13.0 Å². The molecule has 1 unspecified atom stereocenters. The van der Waals surface area contributed by atoms with E-state index in [-0.39, 0.29) is 12.1 Å². The minimum absolute atomic E-state index is 0.0864.